The van der Waals surface area contributed by atoms with E-state index >= 15 is 0 Å². The van der Waals surface area contributed by atoms with Gasteiger partial charge in [0.05, 0.1) is 0 Å². The summed E-state index contributed by atoms with van der Waals surface area (Å²) in [5.41, 5.74) is 1.84. The largest absolute Gasteiger partial charge is 0.454 e. The summed E-state index contributed by atoms with van der Waals surface area (Å²) in [6.45, 7) is 4.38. The van der Waals surface area contributed by atoms with Crippen LogP contribution in [0, 0.1) is 6.07 Å². The van der Waals surface area contributed by atoms with E-state index in [-0.39, 0.29) is 5.91 Å². The minimum absolute atomic E-state index is 0.0679. The van der Waals surface area contributed by atoms with Gasteiger partial charge in [-0.1, -0.05) is 24.3 Å². The topological polar surface area (TPSA) is 42.0 Å². The van der Waals surface area contributed by atoms with Gasteiger partial charge in [-0.25, -0.2) is 0 Å². The van der Waals surface area contributed by atoms with Crippen molar-refractivity contribution in [1.82, 2.24) is 9.80 Å². The van der Waals surface area contributed by atoms with Gasteiger partial charge in [-0.15, -0.1) is 0 Å². The Kier molecular flexibility index (Phi) is 4.09. The lowest BCUT2D eigenvalue weighted by Crippen LogP contribution is -2.48. The maximum atomic E-state index is 12.4. The lowest BCUT2D eigenvalue weighted by atomic mass is 10.1. The summed E-state index contributed by atoms with van der Waals surface area (Å²) < 4.78 is 10.8. The number of hydrogen-bond donors (Lipinski definition) is 0. The van der Waals surface area contributed by atoms with Gasteiger partial charge in [-0.2, -0.15) is 0 Å². The molecule has 5 heteroatoms. The maximum absolute atomic E-state index is 12.4. The average Bonchev–Trinajstić information content (AvgIpc) is 3.10. The zero-order chi connectivity index (χ0) is 16.4. The van der Waals surface area contributed by atoms with E-state index in [2.05, 4.69) is 17.0 Å². The van der Waals surface area contributed by atoms with Crippen LogP contribution >= 0.6 is 0 Å². The van der Waals surface area contributed by atoms with Crippen molar-refractivity contribution in [2.45, 2.75) is 6.54 Å². The SMILES string of the molecule is O=C(c1[c]cccc1)N1CCN(Cc2ccc3c(c2)OCO3)CC1. The lowest BCUT2D eigenvalue weighted by molar-refractivity contribution is 0.0628. The van der Waals surface area contributed by atoms with E-state index in [9.17, 15) is 4.79 Å². The molecule has 0 bridgehead atoms. The van der Waals surface area contributed by atoms with Crippen LogP contribution < -0.4 is 9.47 Å². The molecule has 2 heterocycles. The van der Waals surface area contributed by atoms with Crippen molar-refractivity contribution in [2.24, 2.45) is 0 Å². The molecule has 2 aromatic carbocycles. The summed E-state index contributed by atoms with van der Waals surface area (Å²) in [6.07, 6.45) is 0. The third-order valence-corrected chi connectivity index (χ3v) is 4.44. The van der Waals surface area contributed by atoms with Gasteiger partial charge >= 0.3 is 0 Å². The molecule has 1 saturated heterocycles. The quantitative estimate of drug-likeness (QED) is 0.868. The van der Waals surface area contributed by atoms with Gasteiger partial charge in [0, 0.05) is 38.3 Å². The third-order valence-electron chi connectivity index (χ3n) is 4.44. The molecule has 0 N–H and O–H groups in total. The van der Waals surface area contributed by atoms with Crippen molar-refractivity contribution in [3.05, 3.63) is 59.7 Å². The Labute approximate surface area is 141 Å². The van der Waals surface area contributed by atoms with Gasteiger partial charge in [0.1, 0.15) is 0 Å². The molecule has 24 heavy (non-hydrogen) atoms. The highest BCUT2D eigenvalue weighted by Crippen LogP contribution is 2.32. The lowest BCUT2D eigenvalue weighted by Gasteiger charge is -2.34. The van der Waals surface area contributed by atoms with Crippen LogP contribution in [0.5, 0.6) is 11.5 Å². The van der Waals surface area contributed by atoms with Crippen LogP contribution in [-0.2, 0) is 6.54 Å². The molecule has 5 nitrogen and oxygen atoms in total. The van der Waals surface area contributed by atoms with Gasteiger partial charge in [0.25, 0.3) is 5.91 Å². The van der Waals surface area contributed by atoms with Crippen molar-refractivity contribution in [3.8, 4) is 11.5 Å². The monoisotopic (exact) mass is 323 g/mol. The molecule has 0 atom stereocenters. The number of carbonyl (C=O) groups excluding carboxylic acids is 1. The molecular formula is C19H19N2O3. The second-order valence-corrected chi connectivity index (χ2v) is 6.03. The van der Waals surface area contributed by atoms with Crippen molar-refractivity contribution < 1.29 is 14.3 Å². The average molecular weight is 323 g/mol. The first kappa shape index (κ1) is 15.0. The fourth-order valence-corrected chi connectivity index (χ4v) is 3.10. The zero-order valence-electron chi connectivity index (χ0n) is 13.4. The van der Waals surface area contributed by atoms with Crippen LogP contribution in [0.25, 0.3) is 0 Å². The molecule has 0 unspecified atom stereocenters. The molecule has 0 saturated carbocycles. The first-order chi connectivity index (χ1) is 11.8. The molecule has 0 aliphatic carbocycles. The van der Waals surface area contributed by atoms with Gasteiger partial charge in [-0.3, -0.25) is 9.69 Å². The van der Waals surface area contributed by atoms with E-state index in [4.69, 9.17) is 9.47 Å². The zero-order valence-corrected chi connectivity index (χ0v) is 13.4. The number of hydrogen-bond acceptors (Lipinski definition) is 4. The summed E-state index contributed by atoms with van der Waals surface area (Å²) >= 11 is 0. The fraction of sp³-hybridized carbons (Fsp3) is 0.316. The molecule has 4 rings (SSSR count). The van der Waals surface area contributed by atoms with Crippen molar-refractivity contribution in [2.75, 3.05) is 33.0 Å². The Balaban J connectivity index is 1.34. The Morgan fingerprint density at radius 3 is 2.67 bits per heavy atom. The van der Waals surface area contributed by atoms with Crippen LogP contribution in [0.2, 0.25) is 0 Å². The van der Waals surface area contributed by atoms with Crippen LogP contribution in [0.3, 0.4) is 0 Å². The van der Waals surface area contributed by atoms with Gasteiger partial charge < -0.3 is 14.4 Å². The fourth-order valence-electron chi connectivity index (χ4n) is 3.10. The molecular weight excluding hydrogens is 304 g/mol. The van der Waals surface area contributed by atoms with E-state index in [1.54, 1.807) is 6.07 Å². The van der Waals surface area contributed by atoms with Gasteiger partial charge in [-0.05, 0) is 29.8 Å². The van der Waals surface area contributed by atoms with Crippen LogP contribution in [0.15, 0.2) is 42.5 Å². The highest BCUT2D eigenvalue weighted by atomic mass is 16.7. The number of ether oxygens (including phenoxy) is 2. The van der Waals surface area contributed by atoms with E-state index in [0.29, 0.717) is 12.4 Å². The molecule has 2 aromatic rings. The summed E-state index contributed by atoms with van der Waals surface area (Å²) in [6, 6.07) is 16.4. The highest BCUT2D eigenvalue weighted by molar-refractivity contribution is 5.94. The first-order valence-corrected chi connectivity index (χ1v) is 8.16. The molecule has 2 aliphatic rings. The van der Waals surface area contributed by atoms with Crippen LogP contribution in [0.4, 0.5) is 0 Å². The molecule has 0 spiro atoms. The number of piperazine rings is 1. The van der Waals surface area contributed by atoms with Crippen LogP contribution in [0.1, 0.15) is 15.9 Å². The van der Waals surface area contributed by atoms with E-state index in [1.165, 1.54) is 5.56 Å². The Bertz CT molecular complexity index is 725. The predicted octanol–water partition coefficient (Wildman–Crippen LogP) is 2.17. The number of fused-ring (bicyclic) bond motifs is 1. The first-order valence-electron chi connectivity index (χ1n) is 8.16. The second-order valence-electron chi connectivity index (χ2n) is 6.03. The number of nitrogens with zero attached hydrogens (tertiary/aromatic N) is 2. The number of amides is 1. The van der Waals surface area contributed by atoms with Crippen molar-refractivity contribution in [1.29, 1.82) is 0 Å². The van der Waals surface area contributed by atoms with Gasteiger partial charge in [0.15, 0.2) is 11.5 Å². The van der Waals surface area contributed by atoms with Crippen LogP contribution in [-0.4, -0.2) is 48.7 Å². The molecule has 123 valence electrons. The van der Waals surface area contributed by atoms with Crippen molar-refractivity contribution >= 4 is 5.91 Å². The van der Waals surface area contributed by atoms with E-state index in [0.717, 1.165) is 44.2 Å². The highest BCUT2D eigenvalue weighted by Gasteiger charge is 2.22. The third kappa shape index (κ3) is 3.08. The minimum Gasteiger partial charge on any atom is -0.454 e. The molecule has 1 fully saturated rings. The number of rotatable bonds is 3. The number of carbonyl (C=O) groups is 1. The standard InChI is InChI=1S/C19H19N2O3/c22-19(16-4-2-1-3-5-16)21-10-8-20(9-11-21)13-15-6-7-17-18(12-15)24-14-23-17/h1-4,6-7,12H,8-11,13-14H2. The van der Waals surface area contributed by atoms with E-state index in [1.807, 2.05) is 35.2 Å². The normalized spacial score (nSPS) is 17.1. The summed E-state index contributed by atoms with van der Waals surface area (Å²) in [4.78, 5) is 16.7. The molecule has 1 amide bonds. The maximum Gasteiger partial charge on any atom is 0.254 e. The minimum atomic E-state index is 0.0679. The van der Waals surface area contributed by atoms with Crippen molar-refractivity contribution in [3.63, 3.8) is 0 Å². The molecule has 2 aliphatic heterocycles. The molecule has 0 aromatic heterocycles. The Morgan fingerprint density at radius 2 is 1.88 bits per heavy atom. The van der Waals surface area contributed by atoms with Gasteiger partial charge in [0.2, 0.25) is 6.79 Å². The molecule has 1 radical (unpaired) electrons. The second kappa shape index (κ2) is 6.53. The predicted molar refractivity (Wildman–Crippen MR) is 89.0 cm³/mol. The van der Waals surface area contributed by atoms with E-state index < -0.39 is 0 Å². The Morgan fingerprint density at radius 1 is 1.04 bits per heavy atom. The summed E-state index contributed by atoms with van der Waals surface area (Å²) in [7, 11) is 0. The summed E-state index contributed by atoms with van der Waals surface area (Å²) in [5, 5.41) is 0. The summed E-state index contributed by atoms with van der Waals surface area (Å²) in [5.74, 6) is 1.70. The number of benzene rings is 2. The Hall–Kier alpha value is -2.53. The smallest absolute Gasteiger partial charge is 0.254 e.